The number of rotatable bonds is 3. The monoisotopic (exact) mass is 236 g/mol. The van der Waals surface area contributed by atoms with Crippen molar-refractivity contribution in [2.75, 3.05) is 20.0 Å². The molecule has 4 heteroatoms. The van der Waals surface area contributed by atoms with Gasteiger partial charge in [-0.15, -0.1) is 0 Å². The van der Waals surface area contributed by atoms with Crippen LogP contribution in [0.2, 0.25) is 0 Å². The number of benzene rings is 1. The second-order valence-electron chi connectivity index (χ2n) is 2.88. The van der Waals surface area contributed by atoms with Crippen molar-refractivity contribution in [2.24, 2.45) is 0 Å². The maximum Gasteiger partial charge on any atom is 0.176 e. The van der Waals surface area contributed by atoms with Gasteiger partial charge < -0.3 is 9.47 Å². The van der Waals surface area contributed by atoms with Crippen LogP contribution in [0.3, 0.4) is 0 Å². The quantitative estimate of drug-likeness (QED) is 0.494. The van der Waals surface area contributed by atoms with Gasteiger partial charge in [0.15, 0.2) is 11.5 Å². The predicted molar refractivity (Wildman–Crippen MR) is 65.7 cm³/mol. The molecule has 0 atom stereocenters. The van der Waals surface area contributed by atoms with Crippen LogP contribution >= 0.6 is 12.6 Å². The molecule has 0 amide bonds. The van der Waals surface area contributed by atoms with Gasteiger partial charge in [0.05, 0.1) is 25.5 Å². The van der Waals surface area contributed by atoms with Gasteiger partial charge in [0.25, 0.3) is 0 Å². The molecule has 0 aliphatic heterocycles. The molecule has 0 saturated heterocycles. The lowest BCUT2D eigenvalue weighted by Crippen LogP contribution is -1.96. The largest absolute Gasteiger partial charge is 0.493 e. The Hall–Kier alpha value is -1.60. The highest BCUT2D eigenvalue weighted by Gasteiger charge is 2.10. The van der Waals surface area contributed by atoms with E-state index in [4.69, 9.17) is 9.47 Å². The zero-order valence-electron chi connectivity index (χ0n) is 9.11. The number of carbonyl (C=O) groups is 1. The van der Waals surface area contributed by atoms with Crippen LogP contribution in [-0.2, 0) is 0 Å². The molecule has 0 spiro atoms. The summed E-state index contributed by atoms with van der Waals surface area (Å²) in [5.74, 6) is 7.14. The molecule has 0 radical (unpaired) electrons. The highest BCUT2D eigenvalue weighted by molar-refractivity contribution is 7.80. The lowest BCUT2D eigenvalue weighted by molar-refractivity contribution is 0.112. The van der Waals surface area contributed by atoms with Gasteiger partial charge >= 0.3 is 0 Å². The van der Waals surface area contributed by atoms with Crippen LogP contribution in [0.25, 0.3) is 0 Å². The van der Waals surface area contributed by atoms with Crippen LogP contribution in [-0.4, -0.2) is 26.3 Å². The molecule has 0 aliphatic carbocycles. The molecule has 0 bridgehead atoms. The first kappa shape index (κ1) is 12.5. The smallest absolute Gasteiger partial charge is 0.176 e. The normalized spacial score (nSPS) is 8.94. The first-order valence-electron chi connectivity index (χ1n) is 4.57. The van der Waals surface area contributed by atoms with Crippen molar-refractivity contribution in [3.8, 4) is 23.3 Å². The van der Waals surface area contributed by atoms with E-state index in [0.717, 1.165) is 6.29 Å². The molecule has 0 N–H and O–H groups in total. The topological polar surface area (TPSA) is 35.5 Å². The van der Waals surface area contributed by atoms with Crippen LogP contribution in [0.1, 0.15) is 15.9 Å². The van der Waals surface area contributed by atoms with Gasteiger partial charge in [-0.2, -0.15) is 12.6 Å². The van der Waals surface area contributed by atoms with Gasteiger partial charge in [0.1, 0.15) is 6.29 Å². The van der Waals surface area contributed by atoms with E-state index in [9.17, 15) is 4.79 Å². The molecule has 0 fully saturated rings. The summed E-state index contributed by atoms with van der Waals surface area (Å²) in [7, 11) is 3.05. The maximum absolute atomic E-state index is 10.7. The highest BCUT2D eigenvalue weighted by atomic mass is 32.1. The summed E-state index contributed by atoms with van der Waals surface area (Å²) in [4.78, 5) is 10.7. The van der Waals surface area contributed by atoms with Crippen LogP contribution < -0.4 is 9.47 Å². The number of aldehydes is 1. The Kier molecular flexibility index (Phi) is 4.74. The van der Waals surface area contributed by atoms with Crippen LogP contribution in [0.4, 0.5) is 0 Å². The van der Waals surface area contributed by atoms with Crippen molar-refractivity contribution in [1.82, 2.24) is 0 Å². The Labute approximate surface area is 100 Å². The summed E-state index contributed by atoms with van der Waals surface area (Å²) in [5.41, 5.74) is 1.12. The lowest BCUT2D eigenvalue weighted by Gasteiger charge is -2.10. The first-order valence-corrected chi connectivity index (χ1v) is 5.21. The van der Waals surface area contributed by atoms with Gasteiger partial charge in [-0.3, -0.25) is 4.79 Å². The third-order valence-electron chi connectivity index (χ3n) is 1.94. The summed E-state index contributed by atoms with van der Waals surface area (Å²) in [6, 6.07) is 3.27. The lowest BCUT2D eigenvalue weighted by atomic mass is 10.1. The van der Waals surface area contributed by atoms with E-state index in [1.54, 1.807) is 12.1 Å². The molecular weight excluding hydrogens is 224 g/mol. The molecule has 16 heavy (non-hydrogen) atoms. The molecule has 1 rings (SSSR count). The van der Waals surface area contributed by atoms with E-state index in [1.807, 2.05) is 0 Å². The van der Waals surface area contributed by atoms with E-state index in [0.29, 0.717) is 28.4 Å². The number of hydrogen-bond donors (Lipinski definition) is 1. The van der Waals surface area contributed by atoms with Crippen molar-refractivity contribution in [1.29, 1.82) is 0 Å². The van der Waals surface area contributed by atoms with E-state index in [1.165, 1.54) is 14.2 Å². The van der Waals surface area contributed by atoms with E-state index < -0.39 is 0 Å². The Morgan fingerprint density at radius 3 is 2.62 bits per heavy atom. The minimum absolute atomic E-state index is 0.441. The standard InChI is InChI=1S/C12H12O3S/c1-14-11-7-9(8-13)6-10(4-3-5-16)12(11)15-2/h6-8,16H,5H2,1-2H3. The molecule has 0 aromatic heterocycles. The Bertz CT molecular complexity index is 444. The van der Waals surface area contributed by atoms with Gasteiger partial charge in [-0.25, -0.2) is 0 Å². The summed E-state index contributed by atoms with van der Waals surface area (Å²) in [6.07, 6.45) is 0.744. The molecular formula is C12H12O3S. The SMILES string of the molecule is COc1cc(C=O)cc(C#CCS)c1OC. The number of hydrogen-bond acceptors (Lipinski definition) is 4. The van der Waals surface area contributed by atoms with Crippen molar-refractivity contribution in [3.05, 3.63) is 23.3 Å². The first-order chi connectivity index (χ1) is 7.76. The second kappa shape index (κ2) is 6.09. The molecule has 84 valence electrons. The molecule has 0 heterocycles. The zero-order chi connectivity index (χ0) is 12.0. The fourth-order valence-corrected chi connectivity index (χ4v) is 1.36. The minimum atomic E-state index is 0.441. The van der Waals surface area contributed by atoms with Gasteiger partial charge in [0.2, 0.25) is 0 Å². The van der Waals surface area contributed by atoms with Crippen LogP contribution in [0.5, 0.6) is 11.5 Å². The number of thiol groups is 1. The summed E-state index contributed by atoms with van der Waals surface area (Å²) < 4.78 is 10.3. The van der Waals surface area contributed by atoms with Crippen LogP contribution in [0.15, 0.2) is 12.1 Å². The summed E-state index contributed by atoms with van der Waals surface area (Å²) in [5, 5.41) is 0. The Morgan fingerprint density at radius 2 is 2.12 bits per heavy atom. The highest BCUT2D eigenvalue weighted by Crippen LogP contribution is 2.31. The van der Waals surface area contributed by atoms with Crippen molar-refractivity contribution in [2.45, 2.75) is 0 Å². The third-order valence-corrected chi connectivity index (χ3v) is 2.10. The number of carbonyl (C=O) groups excluding carboxylic acids is 1. The maximum atomic E-state index is 10.7. The minimum Gasteiger partial charge on any atom is -0.493 e. The second-order valence-corrected chi connectivity index (χ2v) is 3.20. The molecule has 3 nitrogen and oxygen atoms in total. The van der Waals surface area contributed by atoms with E-state index in [2.05, 4.69) is 24.5 Å². The van der Waals surface area contributed by atoms with Gasteiger partial charge in [-0.1, -0.05) is 11.8 Å². The van der Waals surface area contributed by atoms with Crippen molar-refractivity contribution >= 4 is 18.9 Å². The predicted octanol–water partition coefficient (Wildman–Crippen LogP) is 1.80. The molecule has 0 aliphatic rings. The average molecular weight is 236 g/mol. The molecule has 0 saturated carbocycles. The average Bonchev–Trinajstić information content (AvgIpc) is 2.34. The molecule has 1 aromatic rings. The summed E-state index contributed by atoms with van der Waals surface area (Å²) in [6.45, 7) is 0. The molecule has 0 unspecified atom stereocenters. The van der Waals surface area contributed by atoms with E-state index in [-0.39, 0.29) is 0 Å². The van der Waals surface area contributed by atoms with Crippen molar-refractivity contribution in [3.63, 3.8) is 0 Å². The fraction of sp³-hybridized carbons (Fsp3) is 0.250. The zero-order valence-corrected chi connectivity index (χ0v) is 10.0. The van der Waals surface area contributed by atoms with Gasteiger partial charge in [0, 0.05) is 5.56 Å². The van der Waals surface area contributed by atoms with E-state index >= 15 is 0 Å². The fourth-order valence-electron chi connectivity index (χ4n) is 1.28. The molecule has 1 aromatic carbocycles. The third kappa shape index (κ3) is 2.71. The number of ether oxygens (including phenoxy) is 2. The Morgan fingerprint density at radius 1 is 1.38 bits per heavy atom. The Balaban J connectivity index is 3.36. The van der Waals surface area contributed by atoms with Crippen molar-refractivity contribution < 1.29 is 14.3 Å². The van der Waals surface area contributed by atoms with Crippen LogP contribution in [0, 0.1) is 11.8 Å². The summed E-state index contributed by atoms with van der Waals surface area (Å²) >= 11 is 4.00. The van der Waals surface area contributed by atoms with Gasteiger partial charge in [-0.05, 0) is 12.1 Å². The number of methoxy groups -OCH3 is 2.